The van der Waals surface area contributed by atoms with Crippen molar-refractivity contribution in [2.75, 3.05) is 0 Å². The van der Waals surface area contributed by atoms with Crippen LogP contribution in [0.3, 0.4) is 0 Å². The number of phenols is 1. The maximum absolute atomic E-state index is 11.0. The Morgan fingerprint density at radius 1 is 1.15 bits per heavy atom. The maximum Gasteiger partial charge on any atom is 0.313 e. The molecule has 2 aromatic rings. The zero-order chi connectivity index (χ0) is 14.9. The van der Waals surface area contributed by atoms with Crippen molar-refractivity contribution in [1.29, 1.82) is 0 Å². The van der Waals surface area contributed by atoms with E-state index in [9.17, 15) is 15.2 Å². The highest BCUT2D eigenvalue weighted by atomic mass is 35.5. The van der Waals surface area contributed by atoms with Crippen LogP contribution >= 0.6 is 23.2 Å². The lowest BCUT2D eigenvalue weighted by molar-refractivity contribution is -0.385. The van der Waals surface area contributed by atoms with Crippen molar-refractivity contribution >= 4 is 28.9 Å². The molecule has 2 aromatic carbocycles. The minimum absolute atomic E-state index is 0.00251. The largest absolute Gasteiger partial charge is 0.508 e. The first kappa shape index (κ1) is 14.4. The molecule has 104 valence electrons. The van der Waals surface area contributed by atoms with Gasteiger partial charge in [0.2, 0.25) is 5.75 Å². The predicted molar refractivity (Wildman–Crippen MR) is 76.0 cm³/mol. The van der Waals surface area contributed by atoms with Crippen LogP contribution in [0.15, 0.2) is 30.3 Å². The summed E-state index contributed by atoms with van der Waals surface area (Å²) in [5, 5.41) is 20.7. The van der Waals surface area contributed by atoms with Gasteiger partial charge in [-0.3, -0.25) is 10.1 Å². The second-order valence-corrected chi connectivity index (χ2v) is 4.91. The Bertz CT molecular complexity index is 668. The van der Waals surface area contributed by atoms with Crippen LogP contribution in [0.1, 0.15) is 5.56 Å². The second kappa shape index (κ2) is 5.56. The Balaban J connectivity index is 2.47. The van der Waals surface area contributed by atoms with Gasteiger partial charge in [0.05, 0.1) is 15.0 Å². The van der Waals surface area contributed by atoms with Gasteiger partial charge < -0.3 is 9.84 Å². The molecule has 0 amide bonds. The van der Waals surface area contributed by atoms with E-state index < -0.39 is 4.92 Å². The predicted octanol–water partition coefficient (Wildman–Crippen LogP) is 4.71. The summed E-state index contributed by atoms with van der Waals surface area (Å²) >= 11 is 11.6. The number of halogens is 2. The highest BCUT2D eigenvalue weighted by Crippen LogP contribution is 2.38. The fraction of sp³-hybridized carbons (Fsp3) is 0.0769. The summed E-state index contributed by atoms with van der Waals surface area (Å²) in [4.78, 5) is 10.4. The summed E-state index contributed by atoms with van der Waals surface area (Å²) < 4.78 is 5.42. The van der Waals surface area contributed by atoms with Gasteiger partial charge in [0.1, 0.15) is 11.5 Å². The van der Waals surface area contributed by atoms with E-state index in [2.05, 4.69) is 0 Å². The molecular weight excluding hydrogens is 305 g/mol. The molecular formula is C13H9Cl2NO4. The first-order valence-electron chi connectivity index (χ1n) is 5.49. The van der Waals surface area contributed by atoms with E-state index >= 15 is 0 Å². The average molecular weight is 314 g/mol. The Hall–Kier alpha value is -1.98. The number of hydrogen-bond acceptors (Lipinski definition) is 4. The smallest absolute Gasteiger partial charge is 0.313 e. The van der Waals surface area contributed by atoms with E-state index in [0.717, 1.165) is 11.6 Å². The summed E-state index contributed by atoms with van der Waals surface area (Å²) in [7, 11) is 0. The molecule has 0 aliphatic carbocycles. The SMILES string of the molecule is Cc1cc(O)cc(Oc2cc(Cl)c(Cl)cc2[N+](=O)[O-])c1. The molecule has 0 atom stereocenters. The number of phenolic OH excluding ortho intramolecular Hbond substituents is 1. The molecule has 0 aromatic heterocycles. The van der Waals surface area contributed by atoms with Crippen molar-refractivity contribution in [2.24, 2.45) is 0 Å². The molecule has 20 heavy (non-hydrogen) atoms. The summed E-state index contributed by atoms with van der Waals surface area (Å²) in [5.74, 6) is 0.223. The van der Waals surface area contributed by atoms with Crippen LogP contribution in [-0.2, 0) is 0 Å². The molecule has 5 nitrogen and oxygen atoms in total. The van der Waals surface area contributed by atoms with E-state index in [4.69, 9.17) is 27.9 Å². The Morgan fingerprint density at radius 2 is 1.80 bits per heavy atom. The molecule has 0 heterocycles. The lowest BCUT2D eigenvalue weighted by Crippen LogP contribution is -1.94. The molecule has 0 radical (unpaired) electrons. The topological polar surface area (TPSA) is 72.6 Å². The standard InChI is InChI=1S/C13H9Cl2NO4/c1-7-2-8(17)4-9(3-7)20-13-6-11(15)10(14)5-12(13)16(18)19/h2-6,17H,1H3. The van der Waals surface area contributed by atoms with E-state index in [-0.39, 0.29) is 33.0 Å². The lowest BCUT2D eigenvalue weighted by Gasteiger charge is -2.09. The molecule has 0 unspecified atom stereocenters. The van der Waals surface area contributed by atoms with Gasteiger partial charge in [0.15, 0.2) is 0 Å². The molecule has 2 rings (SSSR count). The van der Waals surface area contributed by atoms with Gasteiger partial charge in [-0.25, -0.2) is 0 Å². The van der Waals surface area contributed by atoms with Crippen LogP contribution in [0.4, 0.5) is 5.69 Å². The Labute approximate surface area is 124 Å². The number of aryl methyl sites for hydroxylation is 1. The van der Waals surface area contributed by atoms with Crippen molar-refractivity contribution in [1.82, 2.24) is 0 Å². The molecule has 0 fully saturated rings. The van der Waals surface area contributed by atoms with Crippen LogP contribution in [0, 0.1) is 17.0 Å². The summed E-state index contributed by atoms with van der Waals surface area (Å²) in [5.41, 5.74) is 0.447. The van der Waals surface area contributed by atoms with E-state index in [1.165, 1.54) is 18.2 Å². The third-order valence-corrected chi connectivity index (χ3v) is 3.18. The highest BCUT2D eigenvalue weighted by molar-refractivity contribution is 6.42. The van der Waals surface area contributed by atoms with Crippen molar-refractivity contribution in [3.63, 3.8) is 0 Å². The van der Waals surface area contributed by atoms with Gasteiger partial charge >= 0.3 is 5.69 Å². The van der Waals surface area contributed by atoms with Gasteiger partial charge in [-0.1, -0.05) is 23.2 Å². The van der Waals surface area contributed by atoms with E-state index in [0.29, 0.717) is 0 Å². The minimum Gasteiger partial charge on any atom is -0.508 e. The normalized spacial score (nSPS) is 10.3. The fourth-order valence-corrected chi connectivity index (χ4v) is 1.97. The average Bonchev–Trinajstić information content (AvgIpc) is 2.31. The lowest BCUT2D eigenvalue weighted by atomic mass is 10.2. The monoisotopic (exact) mass is 313 g/mol. The molecule has 1 N–H and O–H groups in total. The quantitative estimate of drug-likeness (QED) is 0.658. The fourth-order valence-electron chi connectivity index (χ4n) is 1.66. The van der Waals surface area contributed by atoms with Crippen LogP contribution in [0.2, 0.25) is 10.0 Å². The van der Waals surface area contributed by atoms with Gasteiger partial charge in [0.25, 0.3) is 0 Å². The number of nitro benzene ring substituents is 1. The number of rotatable bonds is 3. The second-order valence-electron chi connectivity index (χ2n) is 4.10. The number of aromatic hydroxyl groups is 1. The van der Waals surface area contributed by atoms with Crippen LogP contribution in [-0.4, -0.2) is 10.0 Å². The molecule has 0 bridgehead atoms. The van der Waals surface area contributed by atoms with Crippen molar-refractivity contribution in [3.8, 4) is 17.2 Å². The maximum atomic E-state index is 11.0. The number of nitrogens with zero attached hydrogens (tertiary/aromatic N) is 1. The molecule has 7 heteroatoms. The van der Waals surface area contributed by atoms with E-state index in [1.54, 1.807) is 13.0 Å². The minimum atomic E-state index is -0.618. The number of benzene rings is 2. The third kappa shape index (κ3) is 3.12. The van der Waals surface area contributed by atoms with Crippen molar-refractivity contribution in [2.45, 2.75) is 6.92 Å². The first-order valence-corrected chi connectivity index (χ1v) is 6.24. The van der Waals surface area contributed by atoms with Crippen molar-refractivity contribution in [3.05, 3.63) is 56.1 Å². The zero-order valence-electron chi connectivity index (χ0n) is 10.3. The number of ether oxygens (including phenoxy) is 1. The summed E-state index contributed by atoms with van der Waals surface area (Å²) in [6.07, 6.45) is 0. The zero-order valence-corrected chi connectivity index (χ0v) is 11.8. The van der Waals surface area contributed by atoms with Crippen LogP contribution in [0.5, 0.6) is 17.2 Å². The van der Waals surface area contributed by atoms with Gasteiger partial charge in [-0.05, 0) is 24.6 Å². The molecule has 0 saturated heterocycles. The third-order valence-electron chi connectivity index (χ3n) is 2.46. The molecule has 0 saturated carbocycles. The molecule has 0 aliphatic heterocycles. The Kier molecular flexibility index (Phi) is 4.01. The number of hydrogen-bond donors (Lipinski definition) is 1. The Morgan fingerprint density at radius 3 is 2.40 bits per heavy atom. The first-order chi connectivity index (χ1) is 9.36. The van der Waals surface area contributed by atoms with Gasteiger partial charge in [0, 0.05) is 18.2 Å². The summed E-state index contributed by atoms with van der Waals surface area (Å²) in [6, 6.07) is 6.90. The molecule has 0 spiro atoms. The summed E-state index contributed by atoms with van der Waals surface area (Å²) in [6.45, 7) is 1.76. The van der Waals surface area contributed by atoms with Crippen molar-refractivity contribution < 1.29 is 14.8 Å². The highest BCUT2D eigenvalue weighted by Gasteiger charge is 2.19. The van der Waals surface area contributed by atoms with Crippen LogP contribution in [0.25, 0.3) is 0 Å². The van der Waals surface area contributed by atoms with Gasteiger partial charge in [-0.15, -0.1) is 0 Å². The van der Waals surface area contributed by atoms with Gasteiger partial charge in [-0.2, -0.15) is 0 Å². The number of nitro groups is 1. The molecule has 0 aliphatic rings. The van der Waals surface area contributed by atoms with Crippen LogP contribution < -0.4 is 4.74 Å². The van der Waals surface area contributed by atoms with E-state index in [1.807, 2.05) is 0 Å².